The number of carbonyl (C=O) groups excluding carboxylic acids is 1. The fourth-order valence-corrected chi connectivity index (χ4v) is 1.61. The van der Waals surface area contributed by atoms with Crippen molar-refractivity contribution >= 4 is 21.8 Å². The fourth-order valence-electron chi connectivity index (χ4n) is 1.34. The summed E-state index contributed by atoms with van der Waals surface area (Å²) in [7, 11) is 0. The number of amides is 1. The Morgan fingerprint density at radius 2 is 2.11 bits per heavy atom. The van der Waals surface area contributed by atoms with Crippen LogP contribution in [0.5, 0.6) is 5.75 Å². The quantitative estimate of drug-likeness (QED) is 0.808. The summed E-state index contributed by atoms with van der Waals surface area (Å²) in [6, 6.07) is 7.31. The second kappa shape index (κ2) is 8.11. The lowest BCUT2D eigenvalue weighted by atomic mass is 10.1. The van der Waals surface area contributed by atoms with Crippen LogP contribution >= 0.6 is 15.9 Å². The molecule has 1 amide bonds. The number of benzene rings is 1. The number of aliphatic hydroxyl groups is 1. The van der Waals surface area contributed by atoms with Gasteiger partial charge in [0, 0.05) is 17.6 Å². The molecule has 1 atom stereocenters. The average molecular weight is 316 g/mol. The lowest BCUT2D eigenvalue weighted by Crippen LogP contribution is -2.32. The summed E-state index contributed by atoms with van der Waals surface area (Å²) >= 11 is 3.33. The average Bonchev–Trinajstić information content (AvgIpc) is 2.36. The normalized spacial score (nSPS) is 11.9. The first kappa shape index (κ1) is 15.0. The van der Waals surface area contributed by atoms with E-state index in [2.05, 4.69) is 21.2 Å². The first-order chi connectivity index (χ1) is 8.61. The molecule has 1 unspecified atom stereocenters. The van der Waals surface area contributed by atoms with E-state index in [0.29, 0.717) is 18.7 Å². The molecule has 0 aromatic heterocycles. The molecule has 0 aliphatic heterocycles. The summed E-state index contributed by atoms with van der Waals surface area (Å²) in [5.74, 6) is 0.783. The molecule has 18 heavy (non-hydrogen) atoms. The number of ether oxygens (including phenoxy) is 1. The van der Waals surface area contributed by atoms with Crippen LogP contribution in [0.3, 0.4) is 0 Å². The Kier molecular flexibility index (Phi) is 6.75. The van der Waals surface area contributed by atoms with Crippen LogP contribution in [-0.4, -0.2) is 30.8 Å². The Morgan fingerprint density at radius 1 is 1.44 bits per heavy atom. The maximum Gasteiger partial charge on any atom is 0.257 e. The molecule has 0 aliphatic carbocycles. The standard InChI is InChI=1S/C13H18BrNO3/c1-10(6-7-16)8-15-13(17)9-18-12-4-2-11(14)3-5-12/h2-5,10,16H,6-9H2,1H3,(H,15,17). The topological polar surface area (TPSA) is 58.6 Å². The third-order valence-corrected chi connectivity index (χ3v) is 2.98. The summed E-state index contributed by atoms with van der Waals surface area (Å²) in [5.41, 5.74) is 0. The number of carbonyl (C=O) groups is 1. The largest absolute Gasteiger partial charge is 0.484 e. The Morgan fingerprint density at radius 3 is 2.72 bits per heavy atom. The van der Waals surface area contributed by atoms with Crippen molar-refractivity contribution in [3.8, 4) is 5.75 Å². The second-order valence-corrected chi connectivity index (χ2v) is 5.08. The van der Waals surface area contributed by atoms with Crippen molar-refractivity contribution < 1.29 is 14.6 Å². The minimum Gasteiger partial charge on any atom is -0.484 e. The minimum atomic E-state index is -0.150. The summed E-state index contributed by atoms with van der Waals surface area (Å²) in [5, 5.41) is 11.5. The maximum absolute atomic E-state index is 11.5. The van der Waals surface area contributed by atoms with E-state index < -0.39 is 0 Å². The second-order valence-electron chi connectivity index (χ2n) is 4.16. The van der Waals surface area contributed by atoms with Crippen LogP contribution in [0.15, 0.2) is 28.7 Å². The molecule has 0 saturated carbocycles. The van der Waals surface area contributed by atoms with E-state index in [4.69, 9.17) is 9.84 Å². The highest BCUT2D eigenvalue weighted by Gasteiger charge is 2.05. The van der Waals surface area contributed by atoms with E-state index >= 15 is 0 Å². The number of aliphatic hydroxyl groups excluding tert-OH is 1. The predicted octanol–water partition coefficient (Wildman–Crippen LogP) is 1.96. The van der Waals surface area contributed by atoms with Crippen molar-refractivity contribution in [2.75, 3.05) is 19.8 Å². The van der Waals surface area contributed by atoms with Gasteiger partial charge in [-0.05, 0) is 36.6 Å². The lowest BCUT2D eigenvalue weighted by Gasteiger charge is -2.11. The van der Waals surface area contributed by atoms with Crippen LogP contribution in [-0.2, 0) is 4.79 Å². The van der Waals surface area contributed by atoms with E-state index in [0.717, 1.165) is 4.47 Å². The van der Waals surface area contributed by atoms with E-state index in [1.165, 1.54) is 0 Å². The zero-order chi connectivity index (χ0) is 13.4. The van der Waals surface area contributed by atoms with Gasteiger partial charge in [-0.15, -0.1) is 0 Å². The highest BCUT2D eigenvalue weighted by atomic mass is 79.9. The van der Waals surface area contributed by atoms with Crippen molar-refractivity contribution in [1.82, 2.24) is 5.32 Å². The smallest absolute Gasteiger partial charge is 0.257 e. The molecule has 0 spiro atoms. The van der Waals surface area contributed by atoms with Gasteiger partial charge in [-0.2, -0.15) is 0 Å². The summed E-state index contributed by atoms with van der Waals surface area (Å²) in [6.07, 6.45) is 0.688. The molecule has 0 heterocycles. The van der Waals surface area contributed by atoms with Crippen molar-refractivity contribution in [3.05, 3.63) is 28.7 Å². The predicted molar refractivity (Wildman–Crippen MR) is 73.5 cm³/mol. The molecule has 0 aliphatic rings. The van der Waals surface area contributed by atoms with Gasteiger partial charge in [0.15, 0.2) is 6.61 Å². The molecule has 0 fully saturated rings. The molecular weight excluding hydrogens is 298 g/mol. The molecule has 0 saturated heterocycles. The number of rotatable bonds is 7. The minimum absolute atomic E-state index is 0.00742. The Labute approximate surface area is 115 Å². The molecule has 0 bridgehead atoms. The van der Waals surface area contributed by atoms with Crippen LogP contribution in [0.4, 0.5) is 0 Å². The maximum atomic E-state index is 11.5. The molecule has 100 valence electrons. The fraction of sp³-hybridized carbons (Fsp3) is 0.462. The highest BCUT2D eigenvalue weighted by Crippen LogP contribution is 2.15. The van der Waals surface area contributed by atoms with Gasteiger partial charge in [-0.1, -0.05) is 22.9 Å². The van der Waals surface area contributed by atoms with E-state index in [9.17, 15) is 4.79 Å². The zero-order valence-corrected chi connectivity index (χ0v) is 11.9. The van der Waals surface area contributed by atoms with Gasteiger partial charge >= 0.3 is 0 Å². The monoisotopic (exact) mass is 315 g/mol. The van der Waals surface area contributed by atoms with Gasteiger partial charge in [0.1, 0.15) is 5.75 Å². The molecule has 4 nitrogen and oxygen atoms in total. The molecular formula is C13H18BrNO3. The van der Waals surface area contributed by atoms with Gasteiger partial charge in [-0.25, -0.2) is 0 Å². The third-order valence-electron chi connectivity index (χ3n) is 2.45. The van der Waals surface area contributed by atoms with Gasteiger partial charge in [-0.3, -0.25) is 4.79 Å². The first-order valence-electron chi connectivity index (χ1n) is 5.87. The number of halogens is 1. The number of hydrogen-bond acceptors (Lipinski definition) is 3. The highest BCUT2D eigenvalue weighted by molar-refractivity contribution is 9.10. The Hall–Kier alpha value is -1.07. The van der Waals surface area contributed by atoms with Gasteiger partial charge in [0.05, 0.1) is 0 Å². The van der Waals surface area contributed by atoms with Gasteiger partial charge < -0.3 is 15.2 Å². The van der Waals surface area contributed by atoms with Crippen molar-refractivity contribution in [2.24, 2.45) is 5.92 Å². The number of nitrogens with one attached hydrogen (secondary N) is 1. The van der Waals surface area contributed by atoms with Gasteiger partial charge in [0.25, 0.3) is 5.91 Å². The molecule has 5 heteroatoms. The van der Waals surface area contributed by atoms with E-state index in [-0.39, 0.29) is 25.0 Å². The van der Waals surface area contributed by atoms with Crippen LogP contribution < -0.4 is 10.1 Å². The lowest BCUT2D eigenvalue weighted by molar-refractivity contribution is -0.123. The molecule has 1 rings (SSSR count). The Balaban J connectivity index is 2.22. The Bertz CT molecular complexity index is 367. The van der Waals surface area contributed by atoms with E-state index in [1.807, 2.05) is 19.1 Å². The van der Waals surface area contributed by atoms with E-state index in [1.54, 1.807) is 12.1 Å². The van der Waals surface area contributed by atoms with Crippen LogP contribution in [0.2, 0.25) is 0 Å². The summed E-state index contributed by atoms with van der Waals surface area (Å²) in [4.78, 5) is 11.5. The molecule has 0 radical (unpaired) electrons. The molecule has 1 aromatic carbocycles. The molecule has 2 N–H and O–H groups in total. The summed E-state index contributed by atoms with van der Waals surface area (Å²) < 4.78 is 6.30. The van der Waals surface area contributed by atoms with Crippen molar-refractivity contribution in [3.63, 3.8) is 0 Å². The van der Waals surface area contributed by atoms with Crippen LogP contribution in [0.1, 0.15) is 13.3 Å². The number of hydrogen-bond donors (Lipinski definition) is 2. The third kappa shape index (κ3) is 6.02. The first-order valence-corrected chi connectivity index (χ1v) is 6.67. The van der Waals surface area contributed by atoms with Crippen LogP contribution in [0, 0.1) is 5.92 Å². The zero-order valence-electron chi connectivity index (χ0n) is 10.4. The van der Waals surface area contributed by atoms with Crippen LogP contribution in [0.25, 0.3) is 0 Å². The van der Waals surface area contributed by atoms with Gasteiger partial charge in [0.2, 0.25) is 0 Å². The van der Waals surface area contributed by atoms with Crippen molar-refractivity contribution in [1.29, 1.82) is 0 Å². The SMILES string of the molecule is CC(CCO)CNC(=O)COc1ccc(Br)cc1. The molecule has 1 aromatic rings. The van der Waals surface area contributed by atoms with Crippen molar-refractivity contribution in [2.45, 2.75) is 13.3 Å². The summed E-state index contributed by atoms with van der Waals surface area (Å²) in [6.45, 7) is 2.69.